The largest absolute Gasteiger partial charge is 0.352 e. The molecule has 1 heterocycles. The lowest BCUT2D eigenvalue weighted by atomic mass is 9.94. The van der Waals surface area contributed by atoms with Crippen LogP contribution in [-0.2, 0) is 4.79 Å². The number of rotatable bonds is 4. The van der Waals surface area contributed by atoms with Crippen molar-refractivity contribution in [3.63, 3.8) is 0 Å². The van der Waals surface area contributed by atoms with Crippen molar-refractivity contribution < 1.29 is 4.79 Å². The number of thioether (sulfide) groups is 2. The molecule has 0 aromatic heterocycles. The highest BCUT2D eigenvalue weighted by atomic mass is 32.2. The predicted octanol–water partition coefficient (Wildman–Crippen LogP) is 1.87. The van der Waals surface area contributed by atoms with Gasteiger partial charge in [0.1, 0.15) is 0 Å². The zero-order valence-corrected chi connectivity index (χ0v) is 12.7. The van der Waals surface area contributed by atoms with Crippen molar-refractivity contribution in [2.45, 2.75) is 49.4 Å². The molecule has 2 rings (SSSR count). The van der Waals surface area contributed by atoms with E-state index < -0.39 is 0 Å². The van der Waals surface area contributed by atoms with Gasteiger partial charge in [-0.05, 0) is 19.1 Å². The summed E-state index contributed by atoms with van der Waals surface area (Å²) in [5.74, 6) is 2.49. The molecule has 0 aromatic rings. The standard InChI is InChI=1S/C13H24N2OS2/c1-17-12-5-3-2-4-11(12)15-13(16)8-10-9-18-7-6-14-10/h10-12,14H,2-9H2,1H3,(H,15,16). The van der Waals surface area contributed by atoms with Crippen LogP contribution in [0.15, 0.2) is 0 Å². The Morgan fingerprint density at radius 1 is 1.44 bits per heavy atom. The molecule has 1 aliphatic heterocycles. The molecule has 0 radical (unpaired) electrons. The third-order valence-electron chi connectivity index (χ3n) is 3.78. The molecule has 3 atom stereocenters. The molecule has 2 aliphatic rings. The zero-order chi connectivity index (χ0) is 12.8. The number of carbonyl (C=O) groups is 1. The molecule has 1 aliphatic carbocycles. The average Bonchev–Trinajstić information content (AvgIpc) is 2.40. The molecule has 1 amide bonds. The van der Waals surface area contributed by atoms with Gasteiger partial charge in [0.05, 0.1) is 0 Å². The van der Waals surface area contributed by atoms with Crippen molar-refractivity contribution in [1.82, 2.24) is 10.6 Å². The zero-order valence-electron chi connectivity index (χ0n) is 11.1. The minimum Gasteiger partial charge on any atom is -0.352 e. The first-order valence-corrected chi connectivity index (χ1v) is 9.37. The van der Waals surface area contributed by atoms with Crippen molar-refractivity contribution in [2.24, 2.45) is 0 Å². The predicted molar refractivity (Wildman–Crippen MR) is 81.4 cm³/mol. The second kappa shape index (κ2) is 7.65. The summed E-state index contributed by atoms with van der Waals surface area (Å²) in [5.41, 5.74) is 0. The lowest BCUT2D eigenvalue weighted by Crippen LogP contribution is -2.47. The lowest BCUT2D eigenvalue weighted by molar-refractivity contribution is -0.122. The maximum atomic E-state index is 12.1. The van der Waals surface area contributed by atoms with Crippen molar-refractivity contribution in [1.29, 1.82) is 0 Å². The van der Waals surface area contributed by atoms with Crippen LogP contribution in [0.2, 0.25) is 0 Å². The first-order chi connectivity index (χ1) is 8.79. The minimum absolute atomic E-state index is 0.237. The van der Waals surface area contributed by atoms with E-state index in [9.17, 15) is 4.79 Å². The van der Waals surface area contributed by atoms with Crippen LogP contribution in [0.25, 0.3) is 0 Å². The Morgan fingerprint density at radius 3 is 3.00 bits per heavy atom. The second-order valence-corrected chi connectivity index (χ2v) is 7.39. The van der Waals surface area contributed by atoms with Gasteiger partial charge in [0.15, 0.2) is 0 Å². The quantitative estimate of drug-likeness (QED) is 0.829. The van der Waals surface area contributed by atoms with Crippen LogP contribution in [-0.4, -0.2) is 47.5 Å². The number of nitrogens with one attached hydrogen (secondary N) is 2. The van der Waals surface area contributed by atoms with E-state index >= 15 is 0 Å². The fourth-order valence-electron chi connectivity index (χ4n) is 2.78. The van der Waals surface area contributed by atoms with E-state index in [0.29, 0.717) is 23.8 Å². The van der Waals surface area contributed by atoms with E-state index in [0.717, 1.165) is 18.7 Å². The smallest absolute Gasteiger partial charge is 0.221 e. The average molecular weight is 288 g/mol. The van der Waals surface area contributed by atoms with Gasteiger partial charge in [0, 0.05) is 41.8 Å². The Morgan fingerprint density at radius 2 is 2.28 bits per heavy atom. The van der Waals surface area contributed by atoms with E-state index in [1.807, 2.05) is 23.5 Å². The van der Waals surface area contributed by atoms with Crippen LogP contribution in [0.4, 0.5) is 0 Å². The van der Waals surface area contributed by atoms with Crippen LogP contribution in [0.1, 0.15) is 32.1 Å². The SMILES string of the molecule is CSC1CCCCC1NC(=O)CC1CSCCN1. The molecule has 5 heteroatoms. The molecule has 3 nitrogen and oxygen atoms in total. The van der Waals surface area contributed by atoms with Gasteiger partial charge in [-0.3, -0.25) is 4.79 Å². The Labute approximate surface area is 119 Å². The van der Waals surface area contributed by atoms with Crippen molar-refractivity contribution in [2.75, 3.05) is 24.3 Å². The summed E-state index contributed by atoms with van der Waals surface area (Å²) in [4.78, 5) is 12.1. The maximum absolute atomic E-state index is 12.1. The highest BCUT2D eigenvalue weighted by Gasteiger charge is 2.26. The monoisotopic (exact) mass is 288 g/mol. The summed E-state index contributed by atoms with van der Waals surface area (Å²) >= 11 is 3.86. The Kier molecular flexibility index (Phi) is 6.18. The van der Waals surface area contributed by atoms with Crippen LogP contribution in [0.3, 0.4) is 0 Å². The molecule has 1 saturated carbocycles. The molecule has 0 spiro atoms. The summed E-state index contributed by atoms with van der Waals surface area (Å²) in [6.45, 7) is 1.04. The molecule has 1 saturated heterocycles. The first kappa shape index (κ1) is 14.5. The molecular formula is C13H24N2OS2. The maximum Gasteiger partial charge on any atom is 0.221 e. The molecule has 18 heavy (non-hydrogen) atoms. The van der Waals surface area contributed by atoms with Crippen molar-refractivity contribution in [3.8, 4) is 0 Å². The van der Waals surface area contributed by atoms with E-state index in [4.69, 9.17) is 0 Å². The first-order valence-electron chi connectivity index (χ1n) is 6.93. The molecule has 2 N–H and O–H groups in total. The molecule has 104 valence electrons. The summed E-state index contributed by atoms with van der Waals surface area (Å²) in [5, 5.41) is 7.31. The topological polar surface area (TPSA) is 41.1 Å². The number of hydrogen-bond acceptors (Lipinski definition) is 4. The van der Waals surface area contributed by atoms with Gasteiger partial charge >= 0.3 is 0 Å². The summed E-state index contributed by atoms with van der Waals surface area (Å²) in [7, 11) is 0. The number of carbonyl (C=O) groups excluding carboxylic acids is 1. The van der Waals surface area contributed by atoms with Crippen LogP contribution >= 0.6 is 23.5 Å². The van der Waals surface area contributed by atoms with Crippen LogP contribution in [0, 0.1) is 0 Å². The molecular weight excluding hydrogens is 264 g/mol. The fourth-order valence-corrected chi connectivity index (χ4v) is 4.67. The molecule has 0 aromatic carbocycles. The Hall–Kier alpha value is 0.130. The second-order valence-electron chi connectivity index (χ2n) is 5.16. The highest BCUT2D eigenvalue weighted by Crippen LogP contribution is 2.27. The van der Waals surface area contributed by atoms with Gasteiger partial charge in [-0.1, -0.05) is 12.8 Å². The van der Waals surface area contributed by atoms with Gasteiger partial charge in [-0.25, -0.2) is 0 Å². The summed E-state index contributed by atoms with van der Waals surface area (Å²) < 4.78 is 0. The molecule has 3 unspecified atom stereocenters. The third-order valence-corrected chi connectivity index (χ3v) is 6.08. The summed E-state index contributed by atoms with van der Waals surface area (Å²) in [6.07, 6.45) is 7.80. The normalized spacial score (nSPS) is 33.1. The van der Waals surface area contributed by atoms with Gasteiger partial charge < -0.3 is 10.6 Å². The van der Waals surface area contributed by atoms with Crippen LogP contribution < -0.4 is 10.6 Å². The highest BCUT2D eigenvalue weighted by molar-refractivity contribution is 7.99. The molecule has 0 bridgehead atoms. The van der Waals surface area contributed by atoms with Crippen molar-refractivity contribution in [3.05, 3.63) is 0 Å². The van der Waals surface area contributed by atoms with Gasteiger partial charge in [0.25, 0.3) is 0 Å². The lowest BCUT2D eigenvalue weighted by Gasteiger charge is -2.31. The van der Waals surface area contributed by atoms with Crippen LogP contribution in [0.5, 0.6) is 0 Å². The van der Waals surface area contributed by atoms with Gasteiger partial charge in [0.2, 0.25) is 5.91 Å². The van der Waals surface area contributed by atoms with Gasteiger partial charge in [-0.15, -0.1) is 0 Å². The number of hydrogen-bond donors (Lipinski definition) is 2. The number of amides is 1. The minimum atomic E-state index is 0.237. The van der Waals surface area contributed by atoms with Crippen molar-refractivity contribution >= 4 is 29.4 Å². The van der Waals surface area contributed by atoms with E-state index in [-0.39, 0.29) is 5.91 Å². The summed E-state index contributed by atoms with van der Waals surface area (Å²) in [6, 6.07) is 0.776. The fraction of sp³-hybridized carbons (Fsp3) is 0.923. The third kappa shape index (κ3) is 4.35. The van der Waals surface area contributed by atoms with E-state index in [1.165, 1.54) is 25.0 Å². The van der Waals surface area contributed by atoms with E-state index in [1.54, 1.807) is 0 Å². The molecule has 2 fully saturated rings. The Bertz CT molecular complexity index is 270. The Balaban J connectivity index is 1.75. The van der Waals surface area contributed by atoms with Gasteiger partial charge in [-0.2, -0.15) is 23.5 Å². The van der Waals surface area contributed by atoms with E-state index in [2.05, 4.69) is 16.9 Å².